The number of rotatable bonds is 3. The van der Waals surface area contributed by atoms with Crippen molar-refractivity contribution < 1.29 is 9.84 Å². The molecule has 1 heterocycles. The SMILES string of the molecule is COc1cc(CO)c(-c2ccc(C)cc2)cn1. The lowest BCUT2D eigenvalue weighted by Gasteiger charge is -2.09. The zero-order chi connectivity index (χ0) is 12.3. The van der Waals surface area contributed by atoms with Crippen LogP contribution < -0.4 is 4.74 Å². The fourth-order valence-electron chi connectivity index (χ4n) is 1.71. The van der Waals surface area contributed by atoms with Gasteiger partial charge in [-0.3, -0.25) is 0 Å². The summed E-state index contributed by atoms with van der Waals surface area (Å²) in [4.78, 5) is 4.17. The first-order chi connectivity index (χ1) is 8.24. The predicted octanol–water partition coefficient (Wildman–Crippen LogP) is 2.56. The van der Waals surface area contributed by atoms with Crippen LogP contribution in [0.15, 0.2) is 36.5 Å². The molecule has 1 aromatic heterocycles. The van der Waals surface area contributed by atoms with Crippen molar-refractivity contribution in [2.24, 2.45) is 0 Å². The minimum atomic E-state index is -0.0257. The highest BCUT2D eigenvalue weighted by Crippen LogP contribution is 2.25. The van der Waals surface area contributed by atoms with Crippen LogP contribution in [0.4, 0.5) is 0 Å². The lowest BCUT2D eigenvalue weighted by Crippen LogP contribution is -1.94. The summed E-state index contributed by atoms with van der Waals surface area (Å²) in [6, 6.07) is 9.90. The van der Waals surface area contributed by atoms with Gasteiger partial charge in [0.2, 0.25) is 5.88 Å². The predicted molar refractivity (Wildman–Crippen MR) is 66.9 cm³/mol. The maximum Gasteiger partial charge on any atom is 0.213 e. The summed E-state index contributed by atoms with van der Waals surface area (Å²) in [5, 5.41) is 9.37. The van der Waals surface area contributed by atoms with E-state index in [1.54, 1.807) is 19.4 Å². The monoisotopic (exact) mass is 229 g/mol. The molecule has 1 aromatic carbocycles. The van der Waals surface area contributed by atoms with Gasteiger partial charge in [0, 0.05) is 17.8 Å². The molecule has 0 saturated heterocycles. The average molecular weight is 229 g/mol. The lowest BCUT2D eigenvalue weighted by molar-refractivity contribution is 0.281. The highest BCUT2D eigenvalue weighted by atomic mass is 16.5. The summed E-state index contributed by atoms with van der Waals surface area (Å²) in [5.74, 6) is 0.518. The highest BCUT2D eigenvalue weighted by Gasteiger charge is 2.06. The third-order valence-corrected chi connectivity index (χ3v) is 2.71. The van der Waals surface area contributed by atoms with Gasteiger partial charge in [-0.2, -0.15) is 0 Å². The number of nitrogens with zero attached hydrogens (tertiary/aromatic N) is 1. The Labute approximate surface area is 101 Å². The fourth-order valence-corrected chi connectivity index (χ4v) is 1.71. The van der Waals surface area contributed by atoms with Gasteiger partial charge in [0.05, 0.1) is 13.7 Å². The first kappa shape index (κ1) is 11.6. The van der Waals surface area contributed by atoms with Crippen LogP contribution in [0.25, 0.3) is 11.1 Å². The van der Waals surface area contributed by atoms with Crippen molar-refractivity contribution in [1.82, 2.24) is 4.98 Å². The maximum absolute atomic E-state index is 9.37. The van der Waals surface area contributed by atoms with Gasteiger partial charge in [0.1, 0.15) is 0 Å². The second kappa shape index (κ2) is 4.97. The number of benzene rings is 1. The van der Waals surface area contributed by atoms with E-state index >= 15 is 0 Å². The minimum absolute atomic E-state index is 0.0257. The maximum atomic E-state index is 9.37. The fraction of sp³-hybridized carbons (Fsp3) is 0.214. The van der Waals surface area contributed by atoms with Crippen molar-refractivity contribution in [2.45, 2.75) is 13.5 Å². The van der Waals surface area contributed by atoms with Crippen LogP contribution >= 0.6 is 0 Å². The number of aryl methyl sites for hydroxylation is 1. The second-order valence-corrected chi connectivity index (χ2v) is 3.91. The number of aliphatic hydroxyl groups is 1. The topological polar surface area (TPSA) is 42.4 Å². The number of ether oxygens (including phenoxy) is 1. The van der Waals surface area contributed by atoms with Crippen LogP contribution in [0.5, 0.6) is 5.88 Å². The Hall–Kier alpha value is -1.87. The lowest BCUT2D eigenvalue weighted by atomic mass is 10.0. The Morgan fingerprint density at radius 3 is 2.53 bits per heavy atom. The van der Waals surface area contributed by atoms with E-state index in [0.29, 0.717) is 5.88 Å². The molecule has 88 valence electrons. The Balaban J connectivity index is 2.47. The summed E-state index contributed by atoms with van der Waals surface area (Å²) in [5.41, 5.74) is 4.02. The molecule has 0 aliphatic heterocycles. The van der Waals surface area contributed by atoms with Crippen molar-refractivity contribution in [1.29, 1.82) is 0 Å². The van der Waals surface area contributed by atoms with E-state index in [4.69, 9.17) is 4.74 Å². The van der Waals surface area contributed by atoms with Crippen molar-refractivity contribution in [3.63, 3.8) is 0 Å². The molecule has 2 aromatic rings. The van der Waals surface area contributed by atoms with Crippen LogP contribution in [0.1, 0.15) is 11.1 Å². The van der Waals surface area contributed by atoms with E-state index in [1.165, 1.54) is 5.56 Å². The van der Waals surface area contributed by atoms with Gasteiger partial charge >= 0.3 is 0 Å². The number of aliphatic hydroxyl groups excluding tert-OH is 1. The van der Waals surface area contributed by atoms with E-state index < -0.39 is 0 Å². The van der Waals surface area contributed by atoms with Gasteiger partial charge < -0.3 is 9.84 Å². The van der Waals surface area contributed by atoms with Crippen LogP contribution in [0.3, 0.4) is 0 Å². The molecular formula is C14H15NO2. The molecule has 0 bridgehead atoms. The van der Waals surface area contributed by atoms with Crippen LogP contribution in [-0.2, 0) is 6.61 Å². The van der Waals surface area contributed by atoms with E-state index in [2.05, 4.69) is 4.98 Å². The van der Waals surface area contributed by atoms with E-state index in [9.17, 15) is 5.11 Å². The van der Waals surface area contributed by atoms with Crippen molar-refractivity contribution >= 4 is 0 Å². The molecule has 3 heteroatoms. The molecule has 0 radical (unpaired) electrons. The minimum Gasteiger partial charge on any atom is -0.481 e. The summed E-state index contributed by atoms with van der Waals surface area (Å²) in [6.07, 6.45) is 1.73. The molecular weight excluding hydrogens is 214 g/mol. The Morgan fingerprint density at radius 2 is 1.94 bits per heavy atom. The first-order valence-electron chi connectivity index (χ1n) is 5.45. The molecule has 3 nitrogen and oxygen atoms in total. The van der Waals surface area contributed by atoms with Crippen LogP contribution in [0, 0.1) is 6.92 Å². The van der Waals surface area contributed by atoms with Crippen molar-refractivity contribution in [2.75, 3.05) is 7.11 Å². The number of methoxy groups -OCH3 is 1. The molecule has 0 amide bonds. The van der Waals surface area contributed by atoms with Crippen LogP contribution in [-0.4, -0.2) is 17.2 Å². The van der Waals surface area contributed by atoms with Gasteiger partial charge in [0.15, 0.2) is 0 Å². The zero-order valence-electron chi connectivity index (χ0n) is 9.97. The van der Waals surface area contributed by atoms with E-state index in [1.807, 2.05) is 31.2 Å². The highest BCUT2D eigenvalue weighted by molar-refractivity contribution is 5.67. The summed E-state index contributed by atoms with van der Waals surface area (Å²) >= 11 is 0. The Bertz CT molecular complexity index is 506. The number of pyridine rings is 1. The number of aromatic nitrogens is 1. The normalized spacial score (nSPS) is 10.3. The van der Waals surface area contributed by atoms with Gasteiger partial charge in [-0.1, -0.05) is 29.8 Å². The summed E-state index contributed by atoms with van der Waals surface area (Å²) in [6.45, 7) is 2.02. The largest absolute Gasteiger partial charge is 0.481 e. The van der Waals surface area contributed by atoms with E-state index in [0.717, 1.165) is 16.7 Å². The van der Waals surface area contributed by atoms with Crippen molar-refractivity contribution in [3.8, 4) is 17.0 Å². The third kappa shape index (κ3) is 2.45. The molecule has 0 atom stereocenters. The van der Waals surface area contributed by atoms with Crippen molar-refractivity contribution in [3.05, 3.63) is 47.7 Å². The van der Waals surface area contributed by atoms with Gasteiger partial charge in [-0.05, 0) is 18.1 Å². The number of hydrogen-bond acceptors (Lipinski definition) is 3. The number of hydrogen-bond donors (Lipinski definition) is 1. The molecule has 1 N–H and O–H groups in total. The van der Waals surface area contributed by atoms with Gasteiger partial charge in [-0.25, -0.2) is 4.98 Å². The third-order valence-electron chi connectivity index (χ3n) is 2.71. The molecule has 0 aliphatic rings. The Kier molecular flexibility index (Phi) is 3.40. The van der Waals surface area contributed by atoms with Crippen LogP contribution in [0.2, 0.25) is 0 Å². The standard InChI is InChI=1S/C14H15NO2/c1-10-3-5-11(6-4-10)13-8-15-14(17-2)7-12(13)9-16/h3-8,16H,9H2,1-2H3. The van der Waals surface area contributed by atoms with Gasteiger partial charge in [0.25, 0.3) is 0 Å². The van der Waals surface area contributed by atoms with E-state index in [-0.39, 0.29) is 6.61 Å². The first-order valence-corrected chi connectivity index (χ1v) is 5.45. The van der Waals surface area contributed by atoms with Gasteiger partial charge in [-0.15, -0.1) is 0 Å². The molecule has 0 unspecified atom stereocenters. The molecule has 0 saturated carbocycles. The quantitative estimate of drug-likeness (QED) is 0.879. The summed E-state index contributed by atoms with van der Waals surface area (Å²) in [7, 11) is 1.56. The second-order valence-electron chi connectivity index (χ2n) is 3.91. The molecule has 17 heavy (non-hydrogen) atoms. The zero-order valence-corrected chi connectivity index (χ0v) is 9.97. The Morgan fingerprint density at radius 1 is 1.24 bits per heavy atom. The molecule has 0 spiro atoms. The molecule has 0 fully saturated rings. The molecule has 0 aliphatic carbocycles. The smallest absolute Gasteiger partial charge is 0.213 e. The summed E-state index contributed by atoms with van der Waals surface area (Å²) < 4.78 is 5.04. The molecule has 2 rings (SSSR count). The average Bonchev–Trinajstić information content (AvgIpc) is 2.39.